The number of nitrogens with zero attached hydrogens (tertiary/aromatic N) is 1. The van der Waals surface area contributed by atoms with E-state index in [4.69, 9.17) is 0 Å². The summed E-state index contributed by atoms with van der Waals surface area (Å²) in [4.78, 5) is 37.9. The number of hydrogen-bond acceptors (Lipinski definition) is 4. The van der Waals surface area contributed by atoms with Gasteiger partial charge in [0.1, 0.15) is 0 Å². The van der Waals surface area contributed by atoms with Gasteiger partial charge >= 0.3 is 0 Å². The third-order valence-corrected chi connectivity index (χ3v) is 4.61. The fourth-order valence-electron chi connectivity index (χ4n) is 2.27. The summed E-state index contributed by atoms with van der Waals surface area (Å²) in [7, 11) is 1.60. The summed E-state index contributed by atoms with van der Waals surface area (Å²) in [5.41, 5.74) is 1.82. The number of hydrogen-bond donors (Lipinski definition) is 2. The second kappa shape index (κ2) is 9.72. The summed E-state index contributed by atoms with van der Waals surface area (Å²) in [5, 5.41) is 7.39. The molecule has 0 aliphatic carbocycles. The van der Waals surface area contributed by atoms with Crippen molar-refractivity contribution in [1.82, 2.24) is 10.2 Å². The first-order valence-electron chi connectivity index (χ1n) is 8.38. The van der Waals surface area contributed by atoms with Crippen molar-refractivity contribution in [2.24, 2.45) is 0 Å². The molecule has 0 bridgehead atoms. The van der Waals surface area contributed by atoms with Gasteiger partial charge in [-0.25, -0.2) is 0 Å². The minimum atomic E-state index is -0.240. The van der Waals surface area contributed by atoms with Gasteiger partial charge < -0.3 is 15.5 Å². The van der Waals surface area contributed by atoms with E-state index in [1.54, 1.807) is 13.1 Å². The van der Waals surface area contributed by atoms with Crippen molar-refractivity contribution in [3.63, 3.8) is 0 Å². The molecule has 0 aliphatic heterocycles. The molecule has 7 heteroatoms. The molecule has 0 radical (unpaired) electrons. The highest BCUT2D eigenvalue weighted by Gasteiger charge is 2.13. The predicted octanol–water partition coefficient (Wildman–Crippen LogP) is 2.66. The van der Waals surface area contributed by atoms with E-state index in [2.05, 4.69) is 10.6 Å². The predicted molar refractivity (Wildman–Crippen MR) is 103 cm³/mol. The van der Waals surface area contributed by atoms with Crippen LogP contribution in [0.1, 0.15) is 28.1 Å². The minimum absolute atomic E-state index is 0.00569. The molecule has 138 valence electrons. The number of carbonyl (C=O) groups is 3. The normalized spacial score (nSPS) is 10.2. The summed E-state index contributed by atoms with van der Waals surface area (Å²) < 4.78 is 0. The first-order valence-corrected chi connectivity index (χ1v) is 9.26. The van der Waals surface area contributed by atoms with E-state index in [-0.39, 0.29) is 30.7 Å². The Bertz CT molecular complexity index is 742. The van der Waals surface area contributed by atoms with Gasteiger partial charge in [0.25, 0.3) is 5.91 Å². The molecule has 0 saturated carbocycles. The number of rotatable bonds is 8. The molecule has 0 spiro atoms. The molecule has 1 aromatic carbocycles. The maximum atomic E-state index is 12.1. The molecule has 0 fully saturated rings. The van der Waals surface area contributed by atoms with Crippen molar-refractivity contribution in [1.29, 1.82) is 0 Å². The molecular formula is C19H23N3O3S. The highest BCUT2D eigenvalue weighted by molar-refractivity contribution is 7.12. The molecule has 0 atom stereocenters. The maximum absolute atomic E-state index is 12.1. The Morgan fingerprint density at radius 2 is 1.85 bits per heavy atom. The molecule has 1 aromatic heterocycles. The zero-order chi connectivity index (χ0) is 18.9. The van der Waals surface area contributed by atoms with Crippen LogP contribution in [0.3, 0.4) is 0 Å². The average Bonchev–Trinajstić information content (AvgIpc) is 3.15. The summed E-state index contributed by atoms with van der Waals surface area (Å²) in [5.74, 6) is -0.497. The van der Waals surface area contributed by atoms with Gasteiger partial charge in [-0.15, -0.1) is 11.3 Å². The zero-order valence-electron chi connectivity index (χ0n) is 15.0. The lowest BCUT2D eigenvalue weighted by Gasteiger charge is -2.17. The number of carbonyl (C=O) groups excluding carboxylic acids is 3. The Morgan fingerprint density at radius 3 is 2.50 bits per heavy atom. The maximum Gasteiger partial charge on any atom is 0.261 e. The lowest BCUT2D eigenvalue weighted by Crippen LogP contribution is -2.35. The summed E-state index contributed by atoms with van der Waals surface area (Å²) in [6.07, 6.45) is 0.804. The van der Waals surface area contributed by atoms with Gasteiger partial charge in [0.05, 0.1) is 11.4 Å². The SMILES string of the molecule is Cc1ccc(NC(=O)CN(C)C(=O)CCCNC(=O)c2cccs2)cc1. The van der Waals surface area contributed by atoms with Crippen LogP contribution in [0.15, 0.2) is 41.8 Å². The Hall–Kier alpha value is -2.67. The van der Waals surface area contributed by atoms with E-state index in [1.165, 1.54) is 16.2 Å². The van der Waals surface area contributed by atoms with E-state index in [0.717, 1.165) is 5.56 Å². The van der Waals surface area contributed by atoms with Crippen LogP contribution in [0, 0.1) is 6.92 Å². The summed E-state index contributed by atoms with van der Waals surface area (Å²) >= 11 is 1.38. The summed E-state index contributed by atoms with van der Waals surface area (Å²) in [6, 6.07) is 11.0. The number of aryl methyl sites for hydroxylation is 1. The Morgan fingerprint density at radius 1 is 1.12 bits per heavy atom. The number of anilines is 1. The van der Waals surface area contributed by atoms with Gasteiger partial charge in [0.2, 0.25) is 11.8 Å². The van der Waals surface area contributed by atoms with Crippen LogP contribution in [-0.4, -0.2) is 42.8 Å². The molecule has 1 heterocycles. The van der Waals surface area contributed by atoms with Crippen LogP contribution in [0.4, 0.5) is 5.69 Å². The number of likely N-dealkylation sites (N-methyl/N-ethyl adjacent to an activating group) is 1. The Balaban J connectivity index is 1.65. The largest absolute Gasteiger partial charge is 0.351 e. The highest BCUT2D eigenvalue weighted by atomic mass is 32.1. The molecule has 0 saturated heterocycles. The molecule has 6 nitrogen and oxygen atoms in total. The van der Waals surface area contributed by atoms with E-state index >= 15 is 0 Å². The third-order valence-electron chi connectivity index (χ3n) is 3.74. The van der Waals surface area contributed by atoms with Crippen LogP contribution >= 0.6 is 11.3 Å². The molecule has 0 unspecified atom stereocenters. The lowest BCUT2D eigenvalue weighted by molar-refractivity contribution is -0.133. The van der Waals surface area contributed by atoms with E-state index in [1.807, 2.05) is 42.6 Å². The first kappa shape index (κ1) is 19.7. The Labute approximate surface area is 157 Å². The highest BCUT2D eigenvalue weighted by Crippen LogP contribution is 2.09. The lowest BCUT2D eigenvalue weighted by atomic mass is 10.2. The van der Waals surface area contributed by atoms with E-state index < -0.39 is 0 Å². The second-order valence-electron chi connectivity index (χ2n) is 6.00. The van der Waals surface area contributed by atoms with Gasteiger partial charge in [-0.1, -0.05) is 23.8 Å². The van der Waals surface area contributed by atoms with Crippen molar-refractivity contribution in [2.45, 2.75) is 19.8 Å². The molecule has 26 heavy (non-hydrogen) atoms. The smallest absolute Gasteiger partial charge is 0.261 e. The standard InChI is InChI=1S/C19H23N3O3S/c1-14-7-9-15(10-8-14)21-17(23)13-22(2)18(24)6-3-11-20-19(25)16-5-4-12-26-16/h4-5,7-10,12H,3,6,11,13H2,1-2H3,(H,20,25)(H,21,23). The molecular weight excluding hydrogens is 350 g/mol. The van der Waals surface area contributed by atoms with E-state index in [0.29, 0.717) is 23.5 Å². The number of nitrogens with one attached hydrogen (secondary N) is 2. The van der Waals surface area contributed by atoms with Crippen LogP contribution in [0.5, 0.6) is 0 Å². The number of benzene rings is 1. The average molecular weight is 373 g/mol. The van der Waals surface area contributed by atoms with Gasteiger partial charge in [-0.3, -0.25) is 14.4 Å². The van der Waals surface area contributed by atoms with Crippen molar-refractivity contribution in [3.05, 3.63) is 52.2 Å². The van der Waals surface area contributed by atoms with Gasteiger partial charge in [-0.05, 0) is 36.9 Å². The monoisotopic (exact) mass is 373 g/mol. The zero-order valence-corrected chi connectivity index (χ0v) is 15.8. The molecule has 0 aliphatic rings. The van der Waals surface area contributed by atoms with Gasteiger partial charge in [0, 0.05) is 25.7 Å². The molecule has 3 amide bonds. The van der Waals surface area contributed by atoms with Crippen molar-refractivity contribution in [2.75, 3.05) is 25.5 Å². The fourth-order valence-corrected chi connectivity index (χ4v) is 2.91. The molecule has 2 rings (SSSR count). The number of thiophene rings is 1. The topological polar surface area (TPSA) is 78.5 Å². The fraction of sp³-hybridized carbons (Fsp3) is 0.316. The molecule has 2 N–H and O–H groups in total. The van der Waals surface area contributed by atoms with Gasteiger partial charge in [-0.2, -0.15) is 0 Å². The van der Waals surface area contributed by atoms with Crippen molar-refractivity contribution < 1.29 is 14.4 Å². The second-order valence-corrected chi connectivity index (χ2v) is 6.95. The van der Waals surface area contributed by atoms with E-state index in [9.17, 15) is 14.4 Å². The van der Waals surface area contributed by atoms with Crippen LogP contribution in [0.25, 0.3) is 0 Å². The first-order chi connectivity index (χ1) is 12.5. The van der Waals surface area contributed by atoms with Crippen LogP contribution in [0.2, 0.25) is 0 Å². The molecule has 2 aromatic rings. The number of amides is 3. The third kappa shape index (κ3) is 6.33. The van der Waals surface area contributed by atoms with Crippen molar-refractivity contribution >= 4 is 34.7 Å². The Kier molecular flexibility index (Phi) is 7.35. The summed E-state index contributed by atoms with van der Waals surface area (Å²) in [6.45, 7) is 2.39. The van der Waals surface area contributed by atoms with Crippen LogP contribution in [-0.2, 0) is 9.59 Å². The van der Waals surface area contributed by atoms with Gasteiger partial charge in [0.15, 0.2) is 0 Å². The minimum Gasteiger partial charge on any atom is -0.351 e. The van der Waals surface area contributed by atoms with Crippen LogP contribution < -0.4 is 10.6 Å². The quantitative estimate of drug-likeness (QED) is 0.698. The van der Waals surface area contributed by atoms with Crippen molar-refractivity contribution in [3.8, 4) is 0 Å².